The fraction of sp³-hybridized carbons (Fsp3) is 0.333. The van der Waals surface area contributed by atoms with Crippen molar-refractivity contribution in [3.8, 4) is 5.75 Å². The van der Waals surface area contributed by atoms with Crippen LogP contribution in [0.2, 0.25) is 0 Å². The molecule has 3 heterocycles. The topological polar surface area (TPSA) is 84.4 Å². The molecule has 2 amide bonds. The number of hydrogen-bond acceptors (Lipinski definition) is 6. The Morgan fingerprint density at radius 1 is 1.16 bits per heavy atom. The van der Waals surface area contributed by atoms with Crippen molar-refractivity contribution >= 4 is 29.0 Å². The quantitative estimate of drug-likeness (QED) is 0.608. The lowest BCUT2D eigenvalue weighted by Crippen LogP contribution is -2.41. The Hall–Kier alpha value is -3.26. The van der Waals surface area contributed by atoms with Crippen molar-refractivity contribution < 1.29 is 14.3 Å². The number of rotatable bonds is 6. The number of aryl methyl sites for hydroxylation is 2. The summed E-state index contributed by atoms with van der Waals surface area (Å²) in [4.78, 5) is 35.8. The van der Waals surface area contributed by atoms with E-state index in [2.05, 4.69) is 15.3 Å². The van der Waals surface area contributed by atoms with Crippen LogP contribution in [0.15, 0.2) is 48.0 Å². The zero-order valence-electron chi connectivity index (χ0n) is 18.2. The van der Waals surface area contributed by atoms with Gasteiger partial charge in [0.25, 0.3) is 5.91 Å². The first-order chi connectivity index (χ1) is 15.5. The van der Waals surface area contributed by atoms with Gasteiger partial charge in [-0.2, -0.15) is 0 Å². The SMILES string of the molecule is Cc1ccnc(NC(=O)C2CCN(C(=O)c3ccc(OCc4csc(C)n4)cc3)CC2)c1. The number of hydrogen-bond donors (Lipinski definition) is 1. The molecule has 0 unspecified atom stereocenters. The molecular weight excluding hydrogens is 424 g/mol. The van der Waals surface area contributed by atoms with Crippen LogP contribution in [0.4, 0.5) is 5.82 Å². The summed E-state index contributed by atoms with van der Waals surface area (Å²) in [6, 6.07) is 10.9. The van der Waals surface area contributed by atoms with Crippen LogP contribution < -0.4 is 10.1 Å². The van der Waals surface area contributed by atoms with Crippen LogP contribution in [0, 0.1) is 19.8 Å². The van der Waals surface area contributed by atoms with E-state index < -0.39 is 0 Å². The number of benzene rings is 1. The van der Waals surface area contributed by atoms with Crippen LogP contribution in [0.5, 0.6) is 5.75 Å². The molecule has 8 heteroatoms. The number of amides is 2. The van der Waals surface area contributed by atoms with Crippen molar-refractivity contribution in [2.24, 2.45) is 5.92 Å². The third kappa shape index (κ3) is 5.50. The Balaban J connectivity index is 1.26. The number of carbonyl (C=O) groups is 2. The van der Waals surface area contributed by atoms with Crippen LogP contribution in [0.1, 0.15) is 39.5 Å². The smallest absolute Gasteiger partial charge is 0.253 e. The second kappa shape index (κ2) is 9.91. The molecule has 3 aromatic rings. The van der Waals surface area contributed by atoms with Crippen molar-refractivity contribution in [3.63, 3.8) is 0 Å². The first kappa shape index (κ1) is 22.0. The number of ether oxygens (including phenoxy) is 1. The number of nitrogens with one attached hydrogen (secondary N) is 1. The van der Waals surface area contributed by atoms with Crippen molar-refractivity contribution in [1.29, 1.82) is 0 Å². The second-order valence-corrected chi connectivity index (χ2v) is 9.01. The average Bonchev–Trinajstić information content (AvgIpc) is 3.23. The van der Waals surface area contributed by atoms with Crippen molar-refractivity contribution in [1.82, 2.24) is 14.9 Å². The molecule has 0 saturated carbocycles. The van der Waals surface area contributed by atoms with Gasteiger partial charge in [0.1, 0.15) is 18.2 Å². The highest BCUT2D eigenvalue weighted by Gasteiger charge is 2.28. The third-order valence-corrected chi connectivity index (χ3v) is 6.30. The van der Waals surface area contributed by atoms with E-state index in [1.54, 1.807) is 29.7 Å². The Bertz CT molecular complexity index is 1090. The fourth-order valence-corrected chi connectivity index (χ4v) is 4.28. The van der Waals surface area contributed by atoms with Gasteiger partial charge < -0.3 is 15.0 Å². The number of piperidine rings is 1. The summed E-state index contributed by atoms with van der Waals surface area (Å²) >= 11 is 1.59. The average molecular weight is 451 g/mol. The normalized spacial score (nSPS) is 14.2. The van der Waals surface area contributed by atoms with Crippen LogP contribution in [0.25, 0.3) is 0 Å². The molecule has 4 rings (SSSR count). The molecule has 1 aromatic carbocycles. The lowest BCUT2D eigenvalue weighted by molar-refractivity contribution is -0.121. The van der Waals surface area contributed by atoms with Gasteiger partial charge in [-0.25, -0.2) is 9.97 Å². The molecular formula is C24H26N4O3S. The van der Waals surface area contributed by atoms with E-state index in [-0.39, 0.29) is 17.7 Å². The summed E-state index contributed by atoms with van der Waals surface area (Å²) in [5, 5.41) is 5.88. The number of carbonyl (C=O) groups excluding carboxylic acids is 2. The predicted molar refractivity (Wildman–Crippen MR) is 124 cm³/mol. The summed E-state index contributed by atoms with van der Waals surface area (Å²) in [6.45, 7) is 5.44. The minimum atomic E-state index is -0.119. The van der Waals surface area contributed by atoms with E-state index >= 15 is 0 Å². The minimum Gasteiger partial charge on any atom is -0.487 e. The van der Waals surface area contributed by atoms with Crippen molar-refractivity contribution in [3.05, 3.63) is 69.8 Å². The minimum absolute atomic E-state index is 0.0223. The number of aromatic nitrogens is 2. The number of nitrogens with zero attached hydrogens (tertiary/aromatic N) is 3. The monoisotopic (exact) mass is 450 g/mol. The van der Waals surface area contributed by atoms with Gasteiger partial charge in [0.2, 0.25) is 5.91 Å². The fourth-order valence-electron chi connectivity index (χ4n) is 3.69. The van der Waals surface area contributed by atoms with Gasteiger partial charge in [0.15, 0.2) is 0 Å². The van der Waals surface area contributed by atoms with E-state index in [9.17, 15) is 9.59 Å². The molecule has 0 bridgehead atoms. The third-order valence-electron chi connectivity index (χ3n) is 5.47. The highest BCUT2D eigenvalue weighted by molar-refractivity contribution is 7.09. The molecule has 0 atom stereocenters. The maximum absolute atomic E-state index is 12.9. The first-order valence-corrected chi connectivity index (χ1v) is 11.5. The van der Waals surface area contributed by atoms with Gasteiger partial charge in [0, 0.05) is 36.1 Å². The summed E-state index contributed by atoms with van der Waals surface area (Å²) in [5.41, 5.74) is 2.57. The second-order valence-electron chi connectivity index (χ2n) is 7.95. The van der Waals surface area contributed by atoms with E-state index in [1.807, 2.05) is 48.4 Å². The van der Waals surface area contributed by atoms with Crippen LogP contribution in [0.3, 0.4) is 0 Å². The maximum Gasteiger partial charge on any atom is 0.253 e. The van der Waals surface area contributed by atoms with Crippen molar-refractivity contribution in [2.45, 2.75) is 33.3 Å². The Morgan fingerprint density at radius 3 is 2.56 bits per heavy atom. The molecule has 32 heavy (non-hydrogen) atoms. The Kier molecular flexibility index (Phi) is 6.80. The largest absolute Gasteiger partial charge is 0.487 e. The first-order valence-electron chi connectivity index (χ1n) is 10.6. The van der Waals surface area contributed by atoms with Gasteiger partial charge in [-0.3, -0.25) is 9.59 Å². The zero-order chi connectivity index (χ0) is 22.5. The van der Waals surface area contributed by atoms with E-state index in [0.29, 0.717) is 49.7 Å². The predicted octanol–water partition coefficient (Wildman–Crippen LogP) is 4.22. The molecule has 1 fully saturated rings. The van der Waals surface area contributed by atoms with Gasteiger partial charge in [0.05, 0.1) is 10.7 Å². The summed E-state index contributed by atoms with van der Waals surface area (Å²) in [5.74, 6) is 1.09. The molecule has 2 aromatic heterocycles. The number of anilines is 1. The zero-order valence-corrected chi connectivity index (χ0v) is 19.0. The van der Waals surface area contributed by atoms with E-state index in [4.69, 9.17) is 4.74 Å². The molecule has 1 aliphatic heterocycles. The molecule has 0 radical (unpaired) electrons. The lowest BCUT2D eigenvalue weighted by atomic mass is 9.95. The van der Waals surface area contributed by atoms with Gasteiger partial charge >= 0.3 is 0 Å². The molecule has 166 valence electrons. The molecule has 1 aliphatic rings. The molecule has 1 N–H and O–H groups in total. The number of pyridine rings is 1. The van der Waals surface area contributed by atoms with Crippen LogP contribution in [-0.4, -0.2) is 39.8 Å². The van der Waals surface area contributed by atoms with Crippen LogP contribution in [-0.2, 0) is 11.4 Å². The Morgan fingerprint density at radius 2 is 1.91 bits per heavy atom. The lowest BCUT2D eigenvalue weighted by Gasteiger charge is -2.31. The maximum atomic E-state index is 12.9. The van der Waals surface area contributed by atoms with E-state index in [1.165, 1.54) is 0 Å². The highest BCUT2D eigenvalue weighted by Crippen LogP contribution is 2.22. The van der Waals surface area contributed by atoms with Crippen LogP contribution >= 0.6 is 11.3 Å². The van der Waals surface area contributed by atoms with Gasteiger partial charge in [-0.05, 0) is 68.7 Å². The molecule has 7 nitrogen and oxygen atoms in total. The number of likely N-dealkylation sites (tertiary alicyclic amines) is 1. The molecule has 0 spiro atoms. The van der Waals surface area contributed by atoms with E-state index in [0.717, 1.165) is 16.3 Å². The molecule has 0 aliphatic carbocycles. The van der Waals surface area contributed by atoms with Gasteiger partial charge in [-0.15, -0.1) is 11.3 Å². The summed E-state index contributed by atoms with van der Waals surface area (Å²) in [6.07, 6.45) is 2.96. The highest BCUT2D eigenvalue weighted by atomic mass is 32.1. The Labute approximate surface area is 191 Å². The summed E-state index contributed by atoms with van der Waals surface area (Å²) in [7, 11) is 0. The summed E-state index contributed by atoms with van der Waals surface area (Å²) < 4.78 is 5.75. The standard InChI is InChI=1S/C24H26N4O3S/c1-16-7-10-25-22(13-16)27-23(29)18-8-11-28(12-9-18)24(30)19-3-5-21(6-4-19)31-14-20-15-32-17(2)26-20/h3-7,10,13,15,18H,8-9,11-12,14H2,1-2H3,(H,25,27,29). The number of thiazole rings is 1. The van der Waals surface area contributed by atoms with Crippen molar-refractivity contribution in [2.75, 3.05) is 18.4 Å². The van der Waals surface area contributed by atoms with Gasteiger partial charge in [-0.1, -0.05) is 0 Å². The molecule has 1 saturated heterocycles.